The van der Waals surface area contributed by atoms with Crippen molar-refractivity contribution >= 4 is 5.82 Å². The zero-order chi connectivity index (χ0) is 14.5. The maximum absolute atomic E-state index is 5.18. The normalized spacial score (nSPS) is 10.6. The van der Waals surface area contributed by atoms with Crippen LogP contribution in [0.2, 0.25) is 0 Å². The quantitative estimate of drug-likeness (QED) is 0.906. The molecule has 0 saturated carbocycles. The molecule has 4 nitrogen and oxygen atoms in total. The van der Waals surface area contributed by atoms with Gasteiger partial charge in [-0.1, -0.05) is 23.8 Å². The largest absolute Gasteiger partial charge is 0.378 e. The van der Waals surface area contributed by atoms with E-state index in [1.807, 2.05) is 6.07 Å². The monoisotopic (exact) mass is 271 g/mol. The minimum Gasteiger partial charge on any atom is -0.378 e. The summed E-state index contributed by atoms with van der Waals surface area (Å²) < 4.78 is 5.18. The molecule has 1 heterocycles. The molecule has 0 aliphatic heterocycles. The first-order chi connectivity index (χ1) is 9.63. The van der Waals surface area contributed by atoms with Crippen LogP contribution >= 0.6 is 0 Å². The second-order valence-electron chi connectivity index (χ2n) is 4.85. The van der Waals surface area contributed by atoms with Gasteiger partial charge in [0.1, 0.15) is 5.82 Å². The van der Waals surface area contributed by atoms with E-state index in [4.69, 9.17) is 4.74 Å². The lowest BCUT2D eigenvalue weighted by Gasteiger charge is -2.10. The van der Waals surface area contributed by atoms with E-state index in [9.17, 15) is 0 Å². The van der Waals surface area contributed by atoms with E-state index < -0.39 is 0 Å². The highest BCUT2D eigenvalue weighted by Gasteiger charge is 2.09. The van der Waals surface area contributed by atoms with Crippen molar-refractivity contribution in [3.8, 4) is 11.4 Å². The molecule has 0 saturated heterocycles. The predicted molar refractivity (Wildman–Crippen MR) is 81.8 cm³/mol. The maximum atomic E-state index is 5.18. The minimum atomic E-state index is 0.485. The molecule has 2 aromatic rings. The highest BCUT2D eigenvalue weighted by molar-refractivity contribution is 5.62. The highest BCUT2D eigenvalue weighted by Crippen LogP contribution is 2.23. The molecule has 106 valence electrons. The first kappa shape index (κ1) is 14.5. The van der Waals surface area contributed by atoms with Gasteiger partial charge in [-0.3, -0.25) is 0 Å². The Bertz CT molecular complexity index is 572. The first-order valence-corrected chi connectivity index (χ1v) is 6.82. The van der Waals surface area contributed by atoms with Crippen molar-refractivity contribution in [1.82, 2.24) is 9.97 Å². The smallest absolute Gasteiger partial charge is 0.162 e. The van der Waals surface area contributed by atoms with Gasteiger partial charge in [-0.2, -0.15) is 0 Å². The number of hydrogen-bond acceptors (Lipinski definition) is 4. The molecule has 0 bridgehead atoms. The van der Waals surface area contributed by atoms with Gasteiger partial charge in [0.2, 0.25) is 0 Å². The van der Waals surface area contributed by atoms with Crippen LogP contribution in [0.25, 0.3) is 11.4 Å². The molecule has 4 heteroatoms. The van der Waals surface area contributed by atoms with Crippen molar-refractivity contribution < 1.29 is 4.74 Å². The molecule has 1 aromatic heterocycles. The van der Waals surface area contributed by atoms with Gasteiger partial charge in [-0.05, 0) is 26.3 Å². The molecule has 1 aromatic carbocycles. The summed E-state index contributed by atoms with van der Waals surface area (Å²) in [6, 6.07) is 8.24. The summed E-state index contributed by atoms with van der Waals surface area (Å²) >= 11 is 0. The van der Waals surface area contributed by atoms with E-state index in [0.29, 0.717) is 6.61 Å². The van der Waals surface area contributed by atoms with Gasteiger partial charge >= 0.3 is 0 Å². The third-order valence-electron chi connectivity index (χ3n) is 3.05. The van der Waals surface area contributed by atoms with E-state index >= 15 is 0 Å². The van der Waals surface area contributed by atoms with Gasteiger partial charge < -0.3 is 10.1 Å². The van der Waals surface area contributed by atoms with Gasteiger partial charge in [-0.25, -0.2) is 9.97 Å². The summed E-state index contributed by atoms with van der Waals surface area (Å²) in [4.78, 5) is 9.18. The van der Waals surface area contributed by atoms with Crippen molar-refractivity contribution in [3.63, 3.8) is 0 Å². The zero-order valence-corrected chi connectivity index (χ0v) is 12.5. The van der Waals surface area contributed by atoms with E-state index in [-0.39, 0.29) is 0 Å². The van der Waals surface area contributed by atoms with Crippen molar-refractivity contribution in [1.29, 1.82) is 0 Å². The van der Waals surface area contributed by atoms with Gasteiger partial charge in [0.05, 0.1) is 12.3 Å². The van der Waals surface area contributed by atoms with Crippen LogP contribution in [0, 0.1) is 13.8 Å². The number of anilines is 1. The molecular formula is C16H21N3O. The summed E-state index contributed by atoms with van der Waals surface area (Å²) in [7, 11) is 1.67. The molecule has 0 spiro atoms. The number of aryl methyl sites for hydroxylation is 2. The van der Waals surface area contributed by atoms with Crippen LogP contribution in [0.5, 0.6) is 0 Å². The number of nitrogens with zero attached hydrogens (tertiary/aromatic N) is 2. The number of nitrogens with one attached hydrogen (secondary N) is 1. The average Bonchev–Trinajstić information content (AvgIpc) is 2.39. The molecule has 0 atom stereocenters. The Balaban J connectivity index is 2.48. The van der Waals surface area contributed by atoms with Gasteiger partial charge in [-0.15, -0.1) is 0 Å². The highest BCUT2D eigenvalue weighted by atomic mass is 16.5. The summed E-state index contributed by atoms with van der Waals surface area (Å²) in [5, 5.41) is 3.24. The molecule has 2 rings (SSSR count). The van der Waals surface area contributed by atoms with E-state index in [2.05, 4.69) is 54.3 Å². The second kappa shape index (κ2) is 6.48. The lowest BCUT2D eigenvalue weighted by atomic mass is 10.1. The Morgan fingerprint density at radius 3 is 2.60 bits per heavy atom. The van der Waals surface area contributed by atoms with Crippen LogP contribution < -0.4 is 5.32 Å². The van der Waals surface area contributed by atoms with Crippen molar-refractivity contribution in [2.45, 2.75) is 27.4 Å². The minimum absolute atomic E-state index is 0.485. The maximum Gasteiger partial charge on any atom is 0.162 e. The number of methoxy groups -OCH3 is 1. The Kier molecular flexibility index (Phi) is 4.69. The summed E-state index contributed by atoms with van der Waals surface area (Å²) in [5.74, 6) is 1.58. The Morgan fingerprint density at radius 1 is 1.15 bits per heavy atom. The second-order valence-corrected chi connectivity index (χ2v) is 4.85. The predicted octanol–water partition coefficient (Wildman–Crippen LogP) is 3.34. The SMILES string of the molecule is CCNc1cc(COC)nc(-c2ccc(C)cc2C)n1. The molecule has 20 heavy (non-hydrogen) atoms. The molecule has 0 aliphatic carbocycles. The topological polar surface area (TPSA) is 47.0 Å². The van der Waals surface area contributed by atoms with E-state index in [1.165, 1.54) is 11.1 Å². The van der Waals surface area contributed by atoms with Crippen LogP contribution in [0.1, 0.15) is 23.7 Å². The fourth-order valence-corrected chi connectivity index (χ4v) is 2.18. The van der Waals surface area contributed by atoms with Crippen LogP contribution in [-0.4, -0.2) is 23.6 Å². The number of hydrogen-bond donors (Lipinski definition) is 1. The summed E-state index contributed by atoms with van der Waals surface area (Å²) in [6.07, 6.45) is 0. The lowest BCUT2D eigenvalue weighted by molar-refractivity contribution is 0.181. The van der Waals surface area contributed by atoms with Crippen molar-refractivity contribution in [2.24, 2.45) is 0 Å². The molecule has 0 aliphatic rings. The lowest BCUT2D eigenvalue weighted by Crippen LogP contribution is -2.05. The van der Waals surface area contributed by atoms with E-state index in [1.54, 1.807) is 7.11 Å². The zero-order valence-electron chi connectivity index (χ0n) is 12.5. The number of rotatable bonds is 5. The van der Waals surface area contributed by atoms with Gasteiger partial charge in [0, 0.05) is 25.3 Å². The Morgan fingerprint density at radius 2 is 1.95 bits per heavy atom. The van der Waals surface area contributed by atoms with Crippen LogP contribution in [0.4, 0.5) is 5.82 Å². The fraction of sp³-hybridized carbons (Fsp3) is 0.375. The first-order valence-electron chi connectivity index (χ1n) is 6.82. The molecule has 0 amide bonds. The molecule has 0 fully saturated rings. The summed E-state index contributed by atoms with van der Waals surface area (Å²) in [5.41, 5.74) is 4.37. The van der Waals surface area contributed by atoms with Crippen LogP contribution in [0.3, 0.4) is 0 Å². The van der Waals surface area contributed by atoms with Crippen LogP contribution in [0.15, 0.2) is 24.3 Å². The van der Waals surface area contributed by atoms with Gasteiger partial charge in [0.15, 0.2) is 5.82 Å². The fourth-order valence-electron chi connectivity index (χ4n) is 2.18. The average molecular weight is 271 g/mol. The number of benzene rings is 1. The van der Waals surface area contributed by atoms with Gasteiger partial charge in [0.25, 0.3) is 0 Å². The van der Waals surface area contributed by atoms with Crippen LogP contribution in [-0.2, 0) is 11.3 Å². The Labute approximate surface area is 120 Å². The third-order valence-corrected chi connectivity index (χ3v) is 3.05. The Hall–Kier alpha value is -1.94. The summed E-state index contributed by atoms with van der Waals surface area (Å²) in [6.45, 7) is 7.54. The van der Waals surface area contributed by atoms with Crippen molar-refractivity contribution in [3.05, 3.63) is 41.1 Å². The molecule has 0 unspecified atom stereocenters. The standard InChI is InChI=1S/C16H21N3O/c1-5-17-15-9-13(10-20-4)18-16(19-15)14-7-6-11(2)8-12(14)3/h6-9H,5,10H2,1-4H3,(H,17,18,19). The third kappa shape index (κ3) is 3.33. The van der Waals surface area contributed by atoms with Crippen molar-refractivity contribution in [2.75, 3.05) is 19.0 Å². The van der Waals surface area contributed by atoms with E-state index in [0.717, 1.165) is 29.4 Å². The molecular weight excluding hydrogens is 250 g/mol. The molecule has 1 N–H and O–H groups in total. The number of aromatic nitrogens is 2. The number of ether oxygens (including phenoxy) is 1. The molecule has 0 radical (unpaired) electrons.